The first-order valence-electron chi connectivity index (χ1n) is 8.26. The Morgan fingerprint density at radius 2 is 2.08 bits per heavy atom. The van der Waals surface area contributed by atoms with Crippen molar-refractivity contribution in [2.24, 2.45) is 0 Å². The van der Waals surface area contributed by atoms with E-state index in [1.54, 1.807) is 42.3 Å². The zero-order valence-corrected chi connectivity index (χ0v) is 16.5. The van der Waals surface area contributed by atoms with E-state index in [-0.39, 0.29) is 5.56 Å². The van der Waals surface area contributed by atoms with Gasteiger partial charge in [-0.05, 0) is 18.6 Å². The molecule has 0 fully saturated rings. The molecule has 0 N–H and O–H groups in total. The van der Waals surface area contributed by atoms with E-state index >= 15 is 0 Å². The van der Waals surface area contributed by atoms with E-state index in [0.29, 0.717) is 16.7 Å². The molecule has 134 valence electrons. The Balaban J connectivity index is 2.18. The minimum Gasteiger partial charge on any atom is -0.493 e. The van der Waals surface area contributed by atoms with E-state index in [9.17, 15) is 4.79 Å². The summed E-state index contributed by atoms with van der Waals surface area (Å²) >= 11 is 3.23. The average molecular weight is 379 g/mol. The number of rotatable bonds is 6. The zero-order chi connectivity index (χ0) is 18.0. The van der Waals surface area contributed by atoms with Gasteiger partial charge in [0.2, 0.25) is 0 Å². The van der Waals surface area contributed by atoms with Crippen molar-refractivity contribution in [3.05, 3.63) is 34.2 Å². The lowest BCUT2D eigenvalue weighted by molar-refractivity contribution is 0.354. The van der Waals surface area contributed by atoms with Crippen molar-refractivity contribution >= 4 is 23.5 Å². The molecule has 1 aromatic carbocycles. The molecule has 0 saturated carbocycles. The van der Waals surface area contributed by atoms with Crippen molar-refractivity contribution in [1.29, 1.82) is 0 Å². The lowest BCUT2D eigenvalue weighted by Crippen LogP contribution is -2.24. The average Bonchev–Trinajstić information content (AvgIpc) is 3.10. The van der Waals surface area contributed by atoms with Gasteiger partial charge in [-0.15, -0.1) is 11.8 Å². The largest absolute Gasteiger partial charge is 0.493 e. The third kappa shape index (κ3) is 3.53. The second kappa shape index (κ2) is 7.74. The maximum Gasteiger partial charge on any atom is 0.272 e. The van der Waals surface area contributed by atoms with Gasteiger partial charge >= 0.3 is 0 Å². The first kappa shape index (κ1) is 18.2. The Hall–Kier alpha value is -1.60. The highest BCUT2D eigenvalue weighted by molar-refractivity contribution is 8.00. The number of hydrogen-bond acceptors (Lipinski definition) is 6. The summed E-state index contributed by atoms with van der Waals surface area (Å²) in [6.45, 7) is 4.29. The van der Waals surface area contributed by atoms with Crippen LogP contribution in [0.15, 0.2) is 33.0 Å². The van der Waals surface area contributed by atoms with Crippen LogP contribution in [0.2, 0.25) is 0 Å². The molecule has 1 unspecified atom stereocenters. The third-order valence-corrected chi connectivity index (χ3v) is 6.50. The van der Waals surface area contributed by atoms with Gasteiger partial charge in [0.1, 0.15) is 0 Å². The van der Waals surface area contributed by atoms with Crippen LogP contribution in [0.4, 0.5) is 0 Å². The van der Waals surface area contributed by atoms with Crippen LogP contribution in [0.5, 0.6) is 11.5 Å². The minimum atomic E-state index is 0.00511. The molecule has 2 aromatic rings. The minimum absolute atomic E-state index is 0.00511. The first-order chi connectivity index (χ1) is 12.1. The van der Waals surface area contributed by atoms with Crippen LogP contribution in [0.3, 0.4) is 0 Å². The quantitative estimate of drug-likeness (QED) is 0.563. The summed E-state index contributed by atoms with van der Waals surface area (Å²) in [6, 6.07) is 5.52. The second-order valence-corrected chi connectivity index (χ2v) is 8.30. The maximum atomic E-state index is 13.1. The van der Waals surface area contributed by atoms with E-state index in [1.807, 2.05) is 18.2 Å². The number of methoxy groups -OCH3 is 2. The van der Waals surface area contributed by atoms with Gasteiger partial charge in [0.15, 0.2) is 16.7 Å². The number of nitrogens with zero attached hydrogens (tertiary/aromatic N) is 2. The summed E-state index contributed by atoms with van der Waals surface area (Å²) in [5.74, 6) is 2.15. The van der Waals surface area contributed by atoms with E-state index in [4.69, 9.17) is 14.5 Å². The van der Waals surface area contributed by atoms with Gasteiger partial charge < -0.3 is 9.47 Å². The van der Waals surface area contributed by atoms with Crippen LogP contribution in [0.25, 0.3) is 5.69 Å². The number of aryl methyl sites for hydroxylation is 1. The van der Waals surface area contributed by atoms with Gasteiger partial charge in [0, 0.05) is 23.5 Å². The van der Waals surface area contributed by atoms with Crippen LogP contribution in [-0.2, 0) is 6.42 Å². The lowest BCUT2D eigenvalue weighted by atomic mass is 10.2. The molecule has 0 saturated heterocycles. The molecule has 0 amide bonds. The molecule has 0 aliphatic carbocycles. The number of ether oxygens (including phenoxy) is 2. The van der Waals surface area contributed by atoms with Crippen LogP contribution < -0.4 is 15.0 Å². The van der Waals surface area contributed by atoms with Gasteiger partial charge in [-0.1, -0.05) is 25.6 Å². The summed E-state index contributed by atoms with van der Waals surface area (Å²) in [7, 11) is 3.19. The highest BCUT2D eigenvalue weighted by Gasteiger charge is 2.23. The molecule has 0 radical (unpaired) electrons. The summed E-state index contributed by atoms with van der Waals surface area (Å²) in [4.78, 5) is 18.7. The zero-order valence-electron chi connectivity index (χ0n) is 14.9. The van der Waals surface area contributed by atoms with Crippen LogP contribution in [0, 0.1) is 0 Å². The van der Waals surface area contributed by atoms with Crippen molar-refractivity contribution < 1.29 is 9.47 Å². The Kier molecular flexibility index (Phi) is 5.64. The molecule has 0 bridgehead atoms. The van der Waals surface area contributed by atoms with Crippen LogP contribution in [0.1, 0.15) is 26.0 Å². The first-order valence-corrected chi connectivity index (χ1v) is 10.1. The highest BCUT2D eigenvalue weighted by atomic mass is 32.2. The predicted octanol–water partition coefficient (Wildman–Crippen LogP) is 3.79. The van der Waals surface area contributed by atoms with Crippen LogP contribution in [-0.4, -0.2) is 34.8 Å². The molecule has 2 heterocycles. The molecule has 0 spiro atoms. The monoisotopic (exact) mass is 378 g/mol. The standard InChI is InChI=1S/C18H22N2O3S2/c1-5-11(2)25-18-19-13-8-9-24-16(13)17(21)20(18)12-6-7-14(22-3)15(10-12)23-4/h6-7,10-11H,5,8-9H2,1-4H3. The fraction of sp³-hybridized carbons (Fsp3) is 0.444. The van der Waals surface area contributed by atoms with E-state index in [0.717, 1.165) is 40.0 Å². The Labute approximate surface area is 156 Å². The smallest absolute Gasteiger partial charge is 0.272 e. The molecule has 1 aromatic heterocycles. The molecular weight excluding hydrogens is 356 g/mol. The number of aromatic nitrogens is 2. The predicted molar refractivity (Wildman–Crippen MR) is 103 cm³/mol. The molecule has 1 aliphatic heterocycles. The van der Waals surface area contributed by atoms with Crippen molar-refractivity contribution in [3.63, 3.8) is 0 Å². The lowest BCUT2D eigenvalue weighted by Gasteiger charge is -2.17. The van der Waals surface area contributed by atoms with Crippen molar-refractivity contribution in [1.82, 2.24) is 9.55 Å². The normalized spacial score (nSPS) is 14.2. The number of benzene rings is 1. The molecule has 1 aliphatic rings. The molecule has 7 heteroatoms. The van der Waals surface area contributed by atoms with E-state index < -0.39 is 0 Å². The number of fused-ring (bicyclic) bond motifs is 1. The maximum absolute atomic E-state index is 13.1. The second-order valence-electron chi connectivity index (χ2n) is 5.79. The van der Waals surface area contributed by atoms with E-state index in [2.05, 4.69) is 13.8 Å². The summed E-state index contributed by atoms with van der Waals surface area (Å²) in [5.41, 5.74) is 1.68. The topological polar surface area (TPSA) is 53.4 Å². The van der Waals surface area contributed by atoms with Gasteiger partial charge in [-0.25, -0.2) is 4.98 Å². The fourth-order valence-corrected chi connectivity index (χ4v) is 4.64. The number of hydrogen-bond donors (Lipinski definition) is 0. The third-order valence-electron chi connectivity index (χ3n) is 4.17. The van der Waals surface area contributed by atoms with Crippen molar-refractivity contribution in [3.8, 4) is 17.2 Å². The van der Waals surface area contributed by atoms with Crippen molar-refractivity contribution in [2.45, 2.75) is 42.0 Å². The molecule has 25 heavy (non-hydrogen) atoms. The van der Waals surface area contributed by atoms with Crippen LogP contribution >= 0.6 is 23.5 Å². The van der Waals surface area contributed by atoms with Gasteiger partial charge in [0.25, 0.3) is 5.56 Å². The SMILES string of the molecule is CCC(C)Sc1nc2c(c(=O)n1-c1ccc(OC)c(OC)c1)SCC2. The molecule has 5 nitrogen and oxygen atoms in total. The molecule has 3 rings (SSSR count). The summed E-state index contributed by atoms with van der Waals surface area (Å²) in [5, 5.41) is 1.12. The molecule has 1 atom stereocenters. The fourth-order valence-electron chi connectivity index (χ4n) is 2.63. The highest BCUT2D eigenvalue weighted by Crippen LogP contribution is 2.34. The summed E-state index contributed by atoms with van der Waals surface area (Å²) < 4.78 is 12.4. The van der Waals surface area contributed by atoms with Gasteiger partial charge in [-0.3, -0.25) is 9.36 Å². The Morgan fingerprint density at radius 1 is 1.32 bits per heavy atom. The Morgan fingerprint density at radius 3 is 2.76 bits per heavy atom. The van der Waals surface area contributed by atoms with E-state index in [1.165, 1.54) is 0 Å². The van der Waals surface area contributed by atoms with Gasteiger partial charge in [0.05, 0.1) is 30.5 Å². The summed E-state index contributed by atoms with van der Waals surface area (Å²) in [6.07, 6.45) is 1.87. The molecular formula is C18H22N2O3S2. The van der Waals surface area contributed by atoms with Gasteiger partial charge in [-0.2, -0.15) is 0 Å². The van der Waals surface area contributed by atoms with Crippen molar-refractivity contribution in [2.75, 3.05) is 20.0 Å². The number of thioether (sulfide) groups is 2. The Bertz CT molecular complexity index is 836.